The standard InChI is InChI=1S/C19H19N3O/c1-15-7-9-16(10-8-15)13-19(23)21-17-11-12-22(20-14-17)18-5-3-2-4-6-18/h3-12,14,18H,2,13H2,1H3. The first-order valence-electron chi connectivity index (χ1n) is 7.71. The smallest absolute Gasteiger partial charge is 0.250 e. The molecule has 0 atom stereocenters. The number of nitrogens with zero attached hydrogens (tertiary/aromatic N) is 3. The molecular weight excluding hydrogens is 286 g/mol. The summed E-state index contributed by atoms with van der Waals surface area (Å²) in [6.45, 7) is 2.03. The molecule has 0 spiro atoms. The molecule has 1 aromatic carbocycles. The summed E-state index contributed by atoms with van der Waals surface area (Å²) in [5, 5.41) is 4.93. The number of amides is 1. The Morgan fingerprint density at radius 2 is 1.96 bits per heavy atom. The highest BCUT2D eigenvalue weighted by molar-refractivity contribution is 5.79. The molecule has 4 heteroatoms. The Balaban J connectivity index is 1.70. The third-order valence-corrected chi connectivity index (χ3v) is 3.70. The third kappa shape index (κ3) is 4.13. The van der Waals surface area contributed by atoms with Gasteiger partial charge in [-0.05, 0) is 25.0 Å². The van der Waals surface area contributed by atoms with Crippen molar-refractivity contribution in [3.63, 3.8) is 0 Å². The first-order valence-corrected chi connectivity index (χ1v) is 7.71. The van der Waals surface area contributed by atoms with Gasteiger partial charge in [0.1, 0.15) is 0 Å². The highest BCUT2D eigenvalue weighted by Gasteiger charge is 2.05. The Labute approximate surface area is 135 Å². The number of carbonyl (C=O) groups excluding carboxylic acids is 1. The van der Waals surface area contributed by atoms with Crippen molar-refractivity contribution in [2.24, 2.45) is 4.99 Å². The minimum Gasteiger partial charge on any atom is -0.272 e. The zero-order valence-corrected chi connectivity index (χ0v) is 13.1. The maximum Gasteiger partial charge on any atom is 0.250 e. The monoisotopic (exact) mass is 305 g/mol. The summed E-state index contributed by atoms with van der Waals surface area (Å²) in [4.78, 5) is 16.1. The van der Waals surface area contributed by atoms with Crippen molar-refractivity contribution in [2.75, 3.05) is 0 Å². The van der Waals surface area contributed by atoms with Crippen molar-refractivity contribution in [2.45, 2.75) is 25.8 Å². The molecule has 0 fully saturated rings. The molecule has 0 aliphatic heterocycles. The van der Waals surface area contributed by atoms with Gasteiger partial charge in [-0.1, -0.05) is 54.1 Å². The SMILES string of the molecule is Cc1ccc(CC(=O)N=c2ccn(C3C=CCC=C3)nc2)cc1. The summed E-state index contributed by atoms with van der Waals surface area (Å²) in [6, 6.07) is 9.88. The van der Waals surface area contributed by atoms with Crippen molar-refractivity contribution >= 4 is 5.91 Å². The third-order valence-electron chi connectivity index (χ3n) is 3.70. The molecule has 1 aliphatic rings. The Bertz CT molecular complexity index is 781. The van der Waals surface area contributed by atoms with E-state index in [-0.39, 0.29) is 11.9 Å². The maximum absolute atomic E-state index is 12.0. The van der Waals surface area contributed by atoms with Crippen molar-refractivity contribution in [1.29, 1.82) is 0 Å². The fourth-order valence-corrected chi connectivity index (χ4v) is 2.42. The van der Waals surface area contributed by atoms with Crippen molar-refractivity contribution in [3.8, 4) is 0 Å². The van der Waals surface area contributed by atoms with Gasteiger partial charge in [-0.15, -0.1) is 0 Å². The van der Waals surface area contributed by atoms with Crippen LogP contribution in [0.2, 0.25) is 0 Å². The molecule has 2 aromatic rings. The molecule has 1 aliphatic carbocycles. The van der Waals surface area contributed by atoms with Gasteiger partial charge in [-0.2, -0.15) is 5.10 Å². The number of aryl methyl sites for hydroxylation is 1. The van der Waals surface area contributed by atoms with E-state index in [4.69, 9.17) is 0 Å². The Morgan fingerprint density at radius 1 is 1.22 bits per heavy atom. The van der Waals surface area contributed by atoms with Crippen LogP contribution in [0.25, 0.3) is 0 Å². The van der Waals surface area contributed by atoms with Crippen LogP contribution in [0, 0.1) is 6.92 Å². The van der Waals surface area contributed by atoms with Crippen LogP contribution in [0.5, 0.6) is 0 Å². The lowest BCUT2D eigenvalue weighted by molar-refractivity contribution is -0.117. The van der Waals surface area contributed by atoms with E-state index in [1.54, 1.807) is 6.20 Å². The van der Waals surface area contributed by atoms with Crippen molar-refractivity contribution in [1.82, 2.24) is 9.78 Å². The quantitative estimate of drug-likeness (QED) is 0.819. The predicted octanol–water partition coefficient (Wildman–Crippen LogP) is 2.92. The van der Waals surface area contributed by atoms with Gasteiger partial charge >= 0.3 is 0 Å². The zero-order chi connectivity index (χ0) is 16.1. The molecule has 116 valence electrons. The minimum absolute atomic E-state index is 0.140. The van der Waals surface area contributed by atoms with E-state index in [0.717, 1.165) is 12.0 Å². The van der Waals surface area contributed by atoms with E-state index < -0.39 is 0 Å². The lowest BCUT2D eigenvalue weighted by Crippen LogP contribution is -2.15. The average molecular weight is 305 g/mol. The molecule has 0 N–H and O–H groups in total. The van der Waals surface area contributed by atoms with E-state index in [0.29, 0.717) is 11.8 Å². The van der Waals surface area contributed by atoms with Crippen LogP contribution in [0.15, 0.2) is 72.0 Å². The second kappa shape index (κ2) is 7.01. The van der Waals surface area contributed by atoms with E-state index in [1.807, 2.05) is 48.1 Å². The van der Waals surface area contributed by atoms with Gasteiger partial charge in [0.15, 0.2) is 0 Å². The fraction of sp³-hybridized carbons (Fsp3) is 0.211. The first kappa shape index (κ1) is 15.2. The highest BCUT2D eigenvalue weighted by atomic mass is 16.1. The topological polar surface area (TPSA) is 47.2 Å². The van der Waals surface area contributed by atoms with E-state index in [2.05, 4.69) is 34.4 Å². The average Bonchev–Trinajstić information content (AvgIpc) is 2.58. The van der Waals surface area contributed by atoms with Crippen molar-refractivity contribution < 1.29 is 4.79 Å². The second-order valence-electron chi connectivity index (χ2n) is 5.62. The van der Waals surface area contributed by atoms with Gasteiger partial charge in [0.2, 0.25) is 0 Å². The molecule has 1 heterocycles. The molecule has 1 aromatic heterocycles. The molecule has 23 heavy (non-hydrogen) atoms. The molecule has 1 amide bonds. The summed E-state index contributed by atoms with van der Waals surface area (Å²) in [6.07, 6.45) is 13.2. The molecule has 3 rings (SSSR count). The lowest BCUT2D eigenvalue weighted by Gasteiger charge is -2.13. The highest BCUT2D eigenvalue weighted by Crippen LogP contribution is 2.13. The first-order chi connectivity index (χ1) is 11.2. The number of benzene rings is 1. The van der Waals surface area contributed by atoms with Gasteiger partial charge in [0, 0.05) is 6.20 Å². The number of hydrogen-bond acceptors (Lipinski definition) is 2. The molecule has 0 bridgehead atoms. The lowest BCUT2D eigenvalue weighted by atomic mass is 10.1. The Hall–Kier alpha value is -2.75. The maximum atomic E-state index is 12.0. The fourth-order valence-electron chi connectivity index (χ4n) is 2.42. The molecule has 0 saturated carbocycles. The van der Waals surface area contributed by atoms with Crippen LogP contribution in [-0.2, 0) is 11.2 Å². The summed E-state index contributed by atoms with van der Waals surface area (Å²) in [7, 11) is 0. The van der Waals surface area contributed by atoms with Gasteiger partial charge in [0.25, 0.3) is 5.91 Å². The summed E-state index contributed by atoms with van der Waals surface area (Å²) >= 11 is 0. The molecule has 0 saturated heterocycles. The van der Waals surface area contributed by atoms with Crippen molar-refractivity contribution in [3.05, 3.63) is 83.5 Å². The number of rotatable bonds is 3. The number of hydrogen-bond donors (Lipinski definition) is 0. The van der Waals surface area contributed by atoms with Gasteiger partial charge < -0.3 is 0 Å². The summed E-state index contributed by atoms with van der Waals surface area (Å²) in [5.41, 5.74) is 2.15. The largest absolute Gasteiger partial charge is 0.272 e. The number of carbonyl (C=O) groups is 1. The van der Waals surface area contributed by atoms with Crippen LogP contribution in [0.4, 0.5) is 0 Å². The van der Waals surface area contributed by atoms with Gasteiger partial charge in [-0.3, -0.25) is 9.48 Å². The minimum atomic E-state index is -0.161. The van der Waals surface area contributed by atoms with E-state index in [1.165, 1.54) is 5.56 Å². The zero-order valence-electron chi connectivity index (χ0n) is 13.1. The van der Waals surface area contributed by atoms with Crippen LogP contribution < -0.4 is 5.36 Å². The molecule has 0 unspecified atom stereocenters. The van der Waals surface area contributed by atoms with Gasteiger partial charge in [-0.25, -0.2) is 4.99 Å². The van der Waals surface area contributed by atoms with Crippen LogP contribution in [-0.4, -0.2) is 15.7 Å². The number of allylic oxidation sites excluding steroid dienone is 4. The summed E-state index contributed by atoms with van der Waals surface area (Å²) < 4.78 is 1.84. The summed E-state index contributed by atoms with van der Waals surface area (Å²) in [5.74, 6) is -0.161. The molecular formula is C19H19N3O. The Morgan fingerprint density at radius 3 is 2.61 bits per heavy atom. The predicted molar refractivity (Wildman–Crippen MR) is 89.6 cm³/mol. The van der Waals surface area contributed by atoms with Crippen LogP contribution in [0.1, 0.15) is 23.6 Å². The van der Waals surface area contributed by atoms with Crippen LogP contribution >= 0.6 is 0 Å². The molecule has 4 nitrogen and oxygen atoms in total. The normalized spacial score (nSPS) is 15.1. The van der Waals surface area contributed by atoms with E-state index >= 15 is 0 Å². The van der Waals surface area contributed by atoms with E-state index in [9.17, 15) is 4.79 Å². The number of aromatic nitrogens is 2. The Kier molecular flexibility index (Phi) is 4.62. The molecule has 0 radical (unpaired) electrons. The second-order valence-corrected chi connectivity index (χ2v) is 5.62. The van der Waals surface area contributed by atoms with Gasteiger partial charge in [0.05, 0.1) is 24.0 Å². The van der Waals surface area contributed by atoms with Crippen LogP contribution in [0.3, 0.4) is 0 Å².